The van der Waals surface area contributed by atoms with Gasteiger partial charge in [0.25, 0.3) is 0 Å². The summed E-state index contributed by atoms with van der Waals surface area (Å²) in [4.78, 5) is 7.36. The lowest BCUT2D eigenvalue weighted by molar-refractivity contribution is 0.193. The SMILES string of the molecule is CCCn1c(CN2CCNC(C)C2)nc2ccccc21.Cl. The number of piperazine rings is 1. The number of hydrogen-bond donors (Lipinski definition) is 1. The minimum atomic E-state index is 0. The number of nitrogens with one attached hydrogen (secondary N) is 1. The van der Waals surface area contributed by atoms with Crippen LogP contribution in [0.5, 0.6) is 0 Å². The van der Waals surface area contributed by atoms with Crippen LogP contribution in [0.4, 0.5) is 0 Å². The lowest BCUT2D eigenvalue weighted by Gasteiger charge is -2.31. The highest BCUT2D eigenvalue weighted by Gasteiger charge is 2.18. The molecule has 1 aliphatic heterocycles. The van der Waals surface area contributed by atoms with Gasteiger partial charge in [-0.3, -0.25) is 4.90 Å². The van der Waals surface area contributed by atoms with Crippen molar-refractivity contribution < 1.29 is 0 Å². The zero-order valence-electron chi connectivity index (χ0n) is 12.9. The topological polar surface area (TPSA) is 33.1 Å². The first kappa shape index (κ1) is 16.3. The van der Waals surface area contributed by atoms with Crippen molar-refractivity contribution >= 4 is 23.4 Å². The Kier molecular flexibility index (Phi) is 5.62. The second-order valence-electron chi connectivity index (χ2n) is 5.76. The van der Waals surface area contributed by atoms with Crippen LogP contribution in [-0.4, -0.2) is 40.1 Å². The summed E-state index contributed by atoms with van der Waals surface area (Å²) in [6.45, 7) is 9.79. The first-order chi connectivity index (χ1) is 9.78. The van der Waals surface area contributed by atoms with Gasteiger partial charge in [-0.25, -0.2) is 4.98 Å². The Hall–Kier alpha value is -1.10. The molecule has 1 aromatic carbocycles. The van der Waals surface area contributed by atoms with E-state index in [1.807, 2.05) is 0 Å². The lowest BCUT2D eigenvalue weighted by atomic mass is 10.2. The molecule has 1 N–H and O–H groups in total. The van der Waals surface area contributed by atoms with E-state index >= 15 is 0 Å². The minimum Gasteiger partial charge on any atom is -0.327 e. The number of nitrogens with zero attached hydrogens (tertiary/aromatic N) is 3. The normalized spacial score (nSPS) is 19.6. The standard InChI is InChI=1S/C16H24N4.ClH/c1-3-9-20-15-7-5-4-6-14(15)18-16(20)12-19-10-8-17-13(2)11-19;/h4-7,13,17H,3,8-12H2,1-2H3;1H. The number of rotatable bonds is 4. The molecule has 21 heavy (non-hydrogen) atoms. The van der Waals surface area contributed by atoms with Crippen molar-refractivity contribution in [3.05, 3.63) is 30.1 Å². The number of para-hydroxylation sites is 2. The van der Waals surface area contributed by atoms with Crippen LogP contribution in [0, 0.1) is 0 Å². The lowest BCUT2D eigenvalue weighted by Crippen LogP contribution is -2.48. The van der Waals surface area contributed by atoms with Crippen LogP contribution in [0.15, 0.2) is 24.3 Å². The summed E-state index contributed by atoms with van der Waals surface area (Å²) in [5.41, 5.74) is 2.40. The van der Waals surface area contributed by atoms with E-state index in [9.17, 15) is 0 Å². The van der Waals surface area contributed by atoms with Gasteiger partial charge >= 0.3 is 0 Å². The highest BCUT2D eigenvalue weighted by molar-refractivity contribution is 5.85. The van der Waals surface area contributed by atoms with Crippen molar-refractivity contribution in [2.45, 2.75) is 39.4 Å². The summed E-state index contributed by atoms with van der Waals surface area (Å²) in [7, 11) is 0. The van der Waals surface area contributed by atoms with Gasteiger partial charge in [-0.2, -0.15) is 0 Å². The molecule has 0 radical (unpaired) electrons. The molecule has 0 amide bonds. The average Bonchev–Trinajstić information content (AvgIpc) is 2.77. The summed E-state index contributed by atoms with van der Waals surface area (Å²) in [6.07, 6.45) is 1.14. The van der Waals surface area contributed by atoms with E-state index < -0.39 is 0 Å². The fraction of sp³-hybridized carbons (Fsp3) is 0.562. The van der Waals surface area contributed by atoms with Crippen molar-refractivity contribution in [2.24, 2.45) is 0 Å². The van der Waals surface area contributed by atoms with Gasteiger partial charge in [-0.1, -0.05) is 19.1 Å². The van der Waals surface area contributed by atoms with E-state index in [0.29, 0.717) is 6.04 Å². The Morgan fingerprint density at radius 3 is 2.90 bits per heavy atom. The molecule has 1 aliphatic rings. The Labute approximate surface area is 132 Å². The number of aryl methyl sites for hydroxylation is 1. The minimum absolute atomic E-state index is 0. The molecule has 116 valence electrons. The van der Waals surface area contributed by atoms with Gasteiger partial charge in [0.1, 0.15) is 5.82 Å². The van der Waals surface area contributed by atoms with Crippen molar-refractivity contribution in [1.82, 2.24) is 19.8 Å². The van der Waals surface area contributed by atoms with Gasteiger partial charge in [0.15, 0.2) is 0 Å². The van der Waals surface area contributed by atoms with E-state index in [0.717, 1.165) is 44.7 Å². The third-order valence-electron chi connectivity index (χ3n) is 4.00. The maximum atomic E-state index is 4.85. The van der Waals surface area contributed by atoms with E-state index in [-0.39, 0.29) is 12.4 Å². The molecule has 0 spiro atoms. The first-order valence-electron chi connectivity index (χ1n) is 7.68. The van der Waals surface area contributed by atoms with Crippen molar-refractivity contribution in [1.29, 1.82) is 0 Å². The molecule has 2 heterocycles. The molecule has 1 aromatic heterocycles. The fourth-order valence-electron chi connectivity index (χ4n) is 3.08. The first-order valence-corrected chi connectivity index (χ1v) is 7.68. The second-order valence-corrected chi connectivity index (χ2v) is 5.76. The van der Waals surface area contributed by atoms with Gasteiger partial charge in [-0.05, 0) is 25.5 Å². The van der Waals surface area contributed by atoms with Crippen molar-refractivity contribution in [3.63, 3.8) is 0 Å². The number of hydrogen-bond acceptors (Lipinski definition) is 3. The Morgan fingerprint density at radius 2 is 2.14 bits per heavy atom. The number of halogens is 1. The molecule has 1 atom stereocenters. The summed E-state index contributed by atoms with van der Waals surface area (Å²) in [6, 6.07) is 9.05. The molecule has 2 aromatic rings. The Bertz CT molecular complexity index is 581. The van der Waals surface area contributed by atoms with E-state index in [1.54, 1.807) is 0 Å². The van der Waals surface area contributed by atoms with Gasteiger partial charge in [0.05, 0.1) is 17.6 Å². The predicted molar refractivity (Wildman–Crippen MR) is 90.0 cm³/mol. The van der Waals surface area contributed by atoms with Crippen LogP contribution in [0.3, 0.4) is 0 Å². The third-order valence-corrected chi connectivity index (χ3v) is 4.00. The van der Waals surface area contributed by atoms with Crippen molar-refractivity contribution in [3.8, 4) is 0 Å². The molecule has 1 fully saturated rings. The molecule has 0 bridgehead atoms. The average molecular weight is 309 g/mol. The zero-order valence-corrected chi connectivity index (χ0v) is 13.7. The largest absolute Gasteiger partial charge is 0.327 e. The third kappa shape index (κ3) is 3.57. The summed E-state index contributed by atoms with van der Waals surface area (Å²) in [5.74, 6) is 1.21. The van der Waals surface area contributed by atoms with Gasteiger partial charge in [-0.15, -0.1) is 12.4 Å². The highest BCUT2D eigenvalue weighted by Crippen LogP contribution is 2.18. The Balaban J connectivity index is 0.00000161. The Morgan fingerprint density at radius 1 is 1.33 bits per heavy atom. The van der Waals surface area contributed by atoms with Gasteiger partial charge in [0.2, 0.25) is 0 Å². The molecular formula is C16H25ClN4. The van der Waals surface area contributed by atoms with Crippen LogP contribution >= 0.6 is 12.4 Å². The van der Waals surface area contributed by atoms with Gasteiger partial charge < -0.3 is 9.88 Å². The van der Waals surface area contributed by atoms with E-state index in [1.165, 1.54) is 11.3 Å². The number of benzene rings is 1. The highest BCUT2D eigenvalue weighted by atomic mass is 35.5. The predicted octanol–water partition coefficient (Wildman–Crippen LogP) is 2.66. The van der Waals surface area contributed by atoms with Crippen LogP contribution in [0.2, 0.25) is 0 Å². The van der Waals surface area contributed by atoms with Crippen LogP contribution in [-0.2, 0) is 13.1 Å². The fourth-order valence-corrected chi connectivity index (χ4v) is 3.08. The summed E-state index contributed by atoms with van der Waals surface area (Å²) >= 11 is 0. The quantitative estimate of drug-likeness (QED) is 0.942. The molecule has 4 nitrogen and oxygen atoms in total. The number of fused-ring (bicyclic) bond motifs is 1. The van der Waals surface area contributed by atoms with Crippen LogP contribution in [0.25, 0.3) is 11.0 Å². The number of aromatic nitrogens is 2. The molecule has 1 unspecified atom stereocenters. The smallest absolute Gasteiger partial charge is 0.124 e. The molecular weight excluding hydrogens is 284 g/mol. The maximum Gasteiger partial charge on any atom is 0.124 e. The molecule has 0 aliphatic carbocycles. The second kappa shape index (κ2) is 7.25. The molecule has 5 heteroatoms. The maximum absolute atomic E-state index is 4.85. The molecule has 1 saturated heterocycles. The van der Waals surface area contributed by atoms with Gasteiger partial charge in [0, 0.05) is 32.2 Å². The summed E-state index contributed by atoms with van der Waals surface area (Å²) < 4.78 is 2.39. The van der Waals surface area contributed by atoms with Crippen LogP contribution < -0.4 is 5.32 Å². The summed E-state index contributed by atoms with van der Waals surface area (Å²) in [5, 5.41) is 3.50. The number of imidazole rings is 1. The monoisotopic (exact) mass is 308 g/mol. The van der Waals surface area contributed by atoms with E-state index in [2.05, 4.69) is 52.9 Å². The van der Waals surface area contributed by atoms with E-state index in [4.69, 9.17) is 4.98 Å². The molecule has 3 rings (SSSR count). The molecule has 0 saturated carbocycles. The zero-order chi connectivity index (χ0) is 13.9. The van der Waals surface area contributed by atoms with Crippen molar-refractivity contribution in [2.75, 3.05) is 19.6 Å². The van der Waals surface area contributed by atoms with Crippen LogP contribution in [0.1, 0.15) is 26.1 Å².